The Kier molecular flexibility index (Phi) is 5.54. The second-order valence-electron chi connectivity index (χ2n) is 6.24. The van der Waals surface area contributed by atoms with Crippen LogP contribution in [-0.2, 0) is 13.1 Å². The van der Waals surface area contributed by atoms with Gasteiger partial charge in [0.15, 0.2) is 0 Å². The van der Waals surface area contributed by atoms with E-state index in [2.05, 4.69) is 20.6 Å². The summed E-state index contributed by atoms with van der Waals surface area (Å²) in [5, 5.41) is 7.31. The second-order valence-corrected chi connectivity index (χ2v) is 6.68. The molecular weight excluding hydrogens is 372 g/mol. The van der Waals surface area contributed by atoms with Crippen molar-refractivity contribution in [3.8, 4) is 11.3 Å². The van der Waals surface area contributed by atoms with Crippen LogP contribution in [0.15, 0.2) is 83.5 Å². The molecule has 0 aliphatic heterocycles. The first kappa shape index (κ1) is 18.1. The van der Waals surface area contributed by atoms with Crippen molar-refractivity contribution in [2.75, 3.05) is 10.6 Å². The first-order valence-electron chi connectivity index (χ1n) is 8.95. The van der Waals surface area contributed by atoms with Crippen LogP contribution in [0.5, 0.6) is 0 Å². The third-order valence-electron chi connectivity index (χ3n) is 4.18. The van der Waals surface area contributed by atoms with Gasteiger partial charge in [-0.3, -0.25) is 0 Å². The Morgan fingerprint density at radius 1 is 0.821 bits per heavy atom. The number of nitrogens with one attached hydrogen (secondary N) is 2. The molecule has 0 aliphatic rings. The number of nitrogens with zero attached hydrogens (tertiary/aromatic N) is 2. The molecule has 2 heterocycles. The smallest absolute Gasteiger partial charge is 0.225 e. The predicted molar refractivity (Wildman–Crippen MR) is 112 cm³/mol. The highest BCUT2D eigenvalue weighted by molar-refractivity contribution is 6.30. The van der Waals surface area contributed by atoms with Crippen molar-refractivity contribution in [3.05, 3.63) is 95.4 Å². The lowest BCUT2D eigenvalue weighted by atomic mass is 10.1. The molecule has 5 nitrogen and oxygen atoms in total. The van der Waals surface area contributed by atoms with Gasteiger partial charge in [-0.25, -0.2) is 4.98 Å². The molecule has 0 aliphatic carbocycles. The van der Waals surface area contributed by atoms with Crippen molar-refractivity contribution in [1.82, 2.24) is 9.97 Å². The first-order valence-corrected chi connectivity index (χ1v) is 9.33. The summed E-state index contributed by atoms with van der Waals surface area (Å²) in [5.41, 5.74) is 2.97. The van der Waals surface area contributed by atoms with Gasteiger partial charge in [0.1, 0.15) is 11.6 Å². The van der Waals surface area contributed by atoms with Crippen LogP contribution in [-0.4, -0.2) is 9.97 Å². The van der Waals surface area contributed by atoms with Gasteiger partial charge < -0.3 is 15.1 Å². The van der Waals surface area contributed by atoms with Gasteiger partial charge in [0.25, 0.3) is 0 Å². The third-order valence-corrected chi connectivity index (χ3v) is 4.44. The number of furan rings is 1. The maximum absolute atomic E-state index is 5.95. The molecule has 0 amide bonds. The number of anilines is 2. The largest absolute Gasteiger partial charge is 0.467 e. The van der Waals surface area contributed by atoms with E-state index in [1.165, 1.54) is 0 Å². The van der Waals surface area contributed by atoms with Gasteiger partial charge in [-0.15, -0.1) is 0 Å². The molecular formula is C22H19ClN4O. The lowest BCUT2D eigenvalue weighted by Crippen LogP contribution is -2.08. The van der Waals surface area contributed by atoms with Gasteiger partial charge in [0.2, 0.25) is 5.95 Å². The Bertz CT molecular complexity index is 1020. The van der Waals surface area contributed by atoms with Crippen molar-refractivity contribution in [1.29, 1.82) is 0 Å². The van der Waals surface area contributed by atoms with Crippen LogP contribution in [0.1, 0.15) is 11.3 Å². The van der Waals surface area contributed by atoms with Crippen LogP contribution in [0, 0.1) is 0 Å². The summed E-state index contributed by atoms with van der Waals surface area (Å²) in [6.07, 6.45) is 1.66. The van der Waals surface area contributed by atoms with Gasteiger partial charge >= 0.3 is 0 Å². The summed E-state index contributed by atoms with van der Waals surface area (Å²) in [6, 6.07) is 23.5. The normalized spacial score (nSPS) is 10.6. The van der Waals surface area contributed by atoms with Gasteiger partial charge in [0.05, 0.1) is 18.5 Å². The predicted octanol–water partition coefficient (Wildman–Crippen LogP) is 5.61. The van der Waals surface area contributed by atoms with Crippen LogP contribution >= 0.6 is 11.6 Å². The molecule has 0 saturated carbocycles. The fourth-order valence-electron chi connectivity index (χ4n) is 2.75. The number of hydrogen-bond acceptors (Lipinski definition) is 5. The van der Waals surface area contributed by atoms with E-state index in [-0.39, 0.29) is 0 Å². The zero-order valence-electron chi connectivity index (χ0n) is 15.1. The van der Waals surface area contributed by atoms with E-state index < -0.39 is 0 Å². The molecule has 2 aromatic carbocycles. The molecule has 6 heteroatoms. The van der Waals surface area contributed by atoms with Crippen LogP contribution in [0.3, 0.4) is 0 Å². The average molecular weight is 391 g/mol. The second kappa shape index (κ2) is 8.59. The lowest BCUT2D eigenvalue weighted by molar-refractivity contribution is 0.518. The van der Waals surface area contributed by atoms with Crippen LogP contribution < -0.4 is 10.6 Å². The molecule has 140 valence electrons. The molecule has 2 aromatic heterocycles. The maximum atomic E-state index is 5.95. The zero-order chi connectivity index (χ0) is 19.2. The van der Waals surface area contributed by atoms with Crippen molar-refractivity contribution in [2.24, 2.45) is 0 Å². The highest BCUT2D eigenvalue weighted by Crippen LogP contribution is 2.22. The number of hydrogen-bond donors (Lipinski definition) is 2. The minimum Gasteiger partial charge on any atom is -0.467 e. The fraction of sp³-hybridized carbons (Fsp3) is 0.0909. The van der Waals surface area contributed by atoms with E-state index in [1.54, 1.807) is 6.26 Å². The van der Waals surface area contributed by atoms with Gasteiger partial charge in [-0.2, -0.15) is 4.98 Å². The minimum atomic E-state index is 0.550. The van der Waals surface area contributed by atoms with E-state index in [0.717, 1.165) is 33.4 Å². The molecule has 0 saturated heterocycles. The molecule has 28 heavy (non-hydrogen) atoms. The Balaban J connectivity index is 1.56. The summed E-state index contributed by atoms with van der Waals surface area (Å²) >= 11 is 5.95. The van der Waals surface area contributed by atoms with Gasteiger partial charge in [-0.05, 0) is 29.8 Å². The van der Waals surface area contributed by atoms with E-state index >= 15 is 0 Å². The molecule has 0 fully saturated rings. The van der Waals surface area contributed by atoms with Gasteiger partial charge in [-0.1, -0.05) is 54.1 Å². The Hall–Kier alpha value is -3.31. The lowest BCUT2D eigenvalue weighted by Gasteiger charge is -2.11. The highest BCUT2D eigenvalue weighted by atomic mass is 35.5. The third kappa shape index (κ3) is 4.69. The van der Waals surface area contributed by atoms with Crippen molar-refractivity contribution < 1.29 is 4.42 Å². The number of halogens is 1. The molecule has 0 radical (unpaired) electrons. The summed E-state index contributed by atoms with van der Waals surface area (Å²) < 4.78 is 5.38. The number of aromatic nitrogens is 2. The standard InChI is InChI=1S/C22H19ClN4O/c23-18-10-8-16(9-11-18)14-25-22-26-20(17-5-2-1-3-6-17)13-21(27-22)24-15-19-7-4-12-28-19/h1-13H,14-15H2,(H2,24,25,26,27). The van der Waals surface area contributed by atoms with E-state index in [4.69, 9.17) is 16.0 Å². The molecule has 0 spiro atoms. The Morgan fingerprint density at radius 3 is 2.39 bits per heavy atom. The molecule has 0 bridgehead atoms. The summed E-state index contributed by atoms with van der Waals surface area (Å²) in [7, 11) is 0. The van der Waals surface area contributed by atoms with Crippen molar-refractivity contribution >= 4 is 23.4 Å². The van der Waals surface area contributed by atoms with E-state index in [1.807, 2.05) is 72.8 Å². The van der Waals surface area contributed by atoms with Crippen LogP contribution in [0.4, 0.5) is 11.8 Å². The van der Waals surface area contributed by atoms with E-state index in [0.29, 0.717) is 19.0 Å². The monoisotopic (exact) mass is 390 g/mol. The average Bonchev–Trinajstić information content (AvgIpc) is 3.26. The number of rotatable bonds is 7. The first-order chi connectivity index (χ1) is 13.8. The van der Waals surface area contributed by atoms with Crippen molar-refractivity contribution in [2.45, 2.75) is 13.1 Å². The molecule has 2 N–H and O–H groups in total. The highest BCUT2D eigenvalue weighted by Gasteiger charge is 2.08. The zero-order valence-corrected chi connectivity index (χ0v) is 15.9. The summed E-state index contributed by atoms with van der Waals surface area (Å²) in [4.78, 5) is 9.26. The van der Waals surface area contributed by atoms with E-state index in [9.17, 15) is 0 Å². The SMILES string of the molecule is Clc1ccc(CNc2nc(NCc3ccco3)cc(-c3ccccc3)n2)cc1. The molecule has 4 aromatic rings. The topological polar surface area (TPSA) is 63.0 Å². The van der Waals surface area contributed by atoms with Crippen LogP contribution in [0.2, 0.25) is 5.02 Å². The van der Waals surface area contributed by atoms with Crippen LogP contribution in [0.25, 0.3) is 11.3 Å². The summed E-state index contributed by atoms with van der Waals surface area (Å²) in [6.45, 7) is 1.15. The Morgan fingerprint density at radius 2 is 1.64 bits per heavy atom. The molecule has 0 atom stereocenters. The fourth-order valence-corrected chi connectivity index (χ4v) is 2.87. The Labute approximate surface area is 168 Å². The maximum Gasteiger partial charge on any atom is 0.225 e. The quantitative estimate of drug-likeness (QED) is 0.429. The van der Waals surface area contributed by atoms with Crippen molar-refractivity contribution in [3.63, 3.8) is 0 Å². The number of benzene rings is 2. The molecule has 4 rings (SSSR count). The minimum absolute atomic E-state index is 0.550. The van der Waals surface area contributed by atoms with Gasteiger partial charge in [0, 0.05) is 23.2 Å². The summed E-state index contributed by atoms with van der Waals surface area (Å²) in [5.74, 6) is 2.12. The molecule has 0 unspecified atom stereocenters.